The maximum absolute atomic E-state index is 14.2. The van der Waals surface area contributed by atoms with E-state index in [9.17, 15) is 9.18 Å². The summed E-state index contributed by atoms with van der Waals surface area (Å²) >= 11 is 0. The van der Waals surface area contributed by atoms with Crippen molar-refractivity contribution in [3.8, 4) is 0 Å². The fraction of sp³-hybridized carbons (Fsp3) is 0.609. The minimum atomic E-state index is -0.901. The standard InChI is InChI=1S/C23H37FN8O3/c1-22(2,3)32-14-28-16-18(30-20(24)31-19(16)32)29-15(17(25)34-7)13-26-11-9-8-10-12-27-21(33)35-23(4,5)6/h13-14,25-26H,8-12H2,1-7H3,(H,27,33)(H,29,30,31)/b15-13+,25-17?. The van der Waals surface area contributed by atoms with Gasteiger partial charge in [-0.1, -0.05) is 0 Å². The Labute approximate surface area is 205 Å². The second-order valence-corrected chi connectivity index (χ2v) is 9.96. The quantitative estimate of drug-likeness (QED) is 0.170. The number of aromatic nitrogens is 4. The van der Waals surface area contributed by atoms with Crippen molar-refractivity contribution in [1.82, 2.24) is 30.2 Å². The summed E-state index contributed by atoms with van der Waals surface area (Å²) in [4.78, 5) is 23.7. The fourth-order valence-electron chi connectivity index (χ4n) is 3.06. The maximum atomic E-state index is 14.2. The lowest BCUT2D eigenvalue weighted by molar-refractivity contribution is 0.0527. The van der Waals surface area contributed by atoms with E-state index in [4.69, 9.17) is 14.9 Å². The smallest absolute Gasteiger partial charge is 0.407 e. The molecule has 0 saturated heterocycles. The van der Waals surface area contributed by atoms with Crippen molar-refractivity contribution in [2.45, 2.75) is 71.9 Å². The highest BCUT2D eigenvalue weighted by Crippen LogP contribution is 2.25. The molecule has 0 aliphatic rings. The van der Waals surface area contributed by atoms with E-state index in [2.05, 4.69) is 30.9 Å². The van der Waals surface area contributed by atoms with Gasteiger partial charge in [-0.2, -0.15) is 14.4 Å². The Bertz CT molecular complexity index is 1050. The van der Waals surface area contributed by atoms with Gasteiger partial charge in [-0.15, -0.1) is 0 Å². The number of nitrogens with zero attached hydrogens (tertiary/aromatic N) is 4. The van der Waals surface area contributed by atoms with Gasteiger partial charge in [0.15, 0.2) is 17.0 Å². The van der Waals surface area contributed by atoms with E-state index in [1.165, 1.54) is 7.11 Å². The first-order valence-electron chi connectivity index (χ1n) is 11.5. The van der Waals surface area contributed by atoms with Crippen molar-refractivity contribution >= 4 is 29.0 Å². The number of hydrogen-bond acceptors (Lipinski definition) is 9. The van der Waals surface area contributed by atoms with Crippen LogP contribution in [0.5, 0.6) is 0 Å². The number of hydrogen-bond donors (Lipinski definition) is 4. The van der Waals surface area contributed by atoms with Gasteiger partial charge in [0.1, 0.15) is 11.3 Å². The molecule has 0 atom stereocenters. The Morgan fingerprint density at radius 2 is 1.83 bits per heavy atom. The molecule has 1 amide bonds. The molecular formula is C23H37FN8O3. The van der Waals surface area contributed by atoms with Gasteiger partial charge in [-0.25, -0.2) is 9.78 Å². The van der Waals surface area contributed by atoms with Crippen LogP contribution in [0, 0.1) is 11.5 Å². The van der Waals surface area contributed by atoms with Crippen molar-refractivity contribution < 1.29 is 18.7 Å². The van der Waals surface area contributed by atoms with Gasteiger partial charge in [-0.3, -0.25) is 5.41 Å². The van der Waals surface area contributed by atoms with Gasteiger partial charge in [0, 0.05) is 24.8 Å². The number of carbonyl (C=O) groups excluding carboxylic acids is 1. The highest BCUT2D eigenvalue weighted by atomic mass is 19.1. The zero-order valence-corrected chi connectivity index (χ0v) is 21.6. The van der Waals surface area contributed by atoms with E-state index in [1.807, 2.05) is 41.5 Å². The van der Waals surface area contributed by atoms with Gasteiger partial charge in [0.2, 0.25) is 5.90 Å². The van der Waals surface area contributed by atoms with Crippen LogP contribution in [-0.4, -0.2) is 57.3 Å². The molecule has 0 radical (unpaired) electrons. The largest absolute Gasteiger partial charge is 0.480 e. The first kappa shape index (κ1) is 27.8. The lowest BCUT2D eigenvalue weighted by Gasteiger charge is -2.21. The number of fused-ring (bicyclic) bond motifs is 1. The molecule has 0 aliphatic carbocycles. The molecule has 2 aromatic rings. The van der Waals surface area contributed by atoms with Crippen LogP contribution in [0.15, 0.2) is 18.2 Å². The highest BCUT2D eigenvalue weighted by molar-refractivity contribution is 5.96. The molecule has 194 valence electrons. The molecule has 0 fully saturated rings. The van der Waals surface area contributed by atoms with E-state index in [0.717, 1.165) is 19.3 Å². The molecule has 0 saturated carbocycles. The molecule has 2 aromatic heterocycles. The van der Waals surface area contributed by atoms with Crippen LogP contribution >= 0.6 is 0 Å². The summed E-state index contributed by atoms with van der Waals surface area (Å²) in [5, 5.41) is 16.9. The monoisotopic (exact) mass is 492 g/mol. The topological polar surface area (TPSA) is 139 Å². The molecule has 12 heteroatoms. The Morgan fingerprint density at radius 3 is 2.46 bits per heavy atom. The summed E-state index contributed by atoms with van der Waals surface area (Å²) in [7, 11) is 1.37. The molecule has 0 aromatic carbocycles. The van der Waals surface area contributed by atoms with Crippen LogP contribution in [0.25, 0.3) is 11.2 Å². The van der Waals surface area contributed by atoms with E-state index in [0.29, 0.717) is 24.3 Å². The second kappa shape index (κ2) is 11.8. The van der Waals surface area contributed by atoms with Crippen LogP contribution in [0.1, 0.15) is 60.8 Å². The van der Waals surface area contributed by atoms with Crippen molar-refractivity contribution in [3.63, 3.8) is 0 Å². The minimum Gasteiger partial charge on any atom is -0.480 e. The number of rotatable bonds is 10. The SMILES string of the molecule is COC(=N)/C(=C\NCCCCCNC(=O)OC(C)(C)C)Nc1nc(F)nc2c1ncn2C(C)(C)C. The molecule has 2 heterocycles. The van der Waals surface area contributed by atoms with Crippen LogP contribution in [0.4, 0.5) is 15.0 Å². The zero-order chi connectivity index (χ0) is 26.2. The number of nitrogens with one attached hydrogen (secondary N) is 4. The number of methoxy groups -OCH3 is 1. The number of anilines is 1. The van der Waals surface area contributed by atoms with E-state index in [-0.39, 0.29) is 23.0 Å². The first-order chi connectivity index (χ1) is 16.3. The van der Waals surface area contributed by atoms with Gasteiger partial charge in [-0.05, 0) is 60.8 Å². The van der Waals surface area contributed by atoms with E-state index in [1.54, 1.807) is 17.1 Å². The highest BCUT2D eigenvalue weighted by Gasteiger charge is 2.21. The average molecular weight is 493 g/mol. The Hall–Kier alpha value is -3.44. The molecule has 11 nitrogen and oxygen atoms in total. The zero-order valence-electron chi connectivity index (χ0n) is 21.6. The van der Waals surface area contributed by atoms with Gasteiger partial charge in [0.25, 0.3) is 0 Å². The lowest BCUT2D eigenvalue weighted by atomic mass is 10.1. The van der Waals surface area contributed by atoms with E-state index < -0.39 is 17.8 Å². The number of carbonyl (C=O) groups is 1. The first-order valence-corrected chi connectivity index (χ1v) is 11.5. The van der Waals surface area contributed by atoms with Gasteiger partial charge < -0.3 is 30.0 Å². The van der Waals surface area contributed by atoms with Crippen LogP contribution in [-0.2, 0) is 15.0 Å². The fourth-order valence-corrected chi connectivity index (χ4v) is 3.06. The van der Waals surface area contributed by atoms with Crippen molar-refractivity contribution in [2.24, 2.45) is 0 Å². The third kappa shape index (κ3) is 8.69. The molecule has 4 N–H and O–H groups in total. The third-order valence-corrected chi connectivity index (χ3v) is 4.71. The Kier molecular flexibility index (Phi) is 9.38. The molecule has 0 aliphatic heterocycles. The van der Waals surface area contributed by atoms with Crippen molar-refractivity contribution in [2.75, 3.05) is 25.5 Å². The predicted octanol–water partition coefficient (Wildman–Crippen LogP) is 3.88. The van der Waals surface area contributed by atoms with Crippen LogP contribution in [0.3, 0.4) is 0 Å². The molecule has 0 unspecified atom stereocenters. The van der Waals surface area contributed by atoms with Crippen LogP contribution in [0.2, 0.25) is 0 Å². The minimum absolute atomic E-state index is 0.138. The predicted molar refractivity (Wildman–Crippen MR) is 133 cm³/mol. The summed E-state index contributed by atoms with van der Waals surface area (Å²) in [5.74, 6) is -0.0138. The lowest BCUT2D eigenvalue weighted by Crippen LogP contribution is -2.33. The van der Waals surface area contributed by atoms with Crippen molar-refractivity contribution in [1.29, 1.82) is 5.41 Å². The molecule has 0 spiro atoms. The molecule has 35 heavy (non-hydrogen) atoms. The number of imidazole rings is 1. The number of unbranched alkanes of at least 4 members (excludes halogenated alkanes) is 2. The summed E-state index contributed by atoms with van der Waals surface area (Å²) in [5.41, 5.74) is 0.133. The second-order valence-electron chi connectivity index (χ2n) is 9.96. The van der Waals surface area contributed by atoms with Gasteiger partial charge >= 0.3 is 12.2 Å². The van der Waals surface area contributed by atoms with E-state index >= 15 is 0 Å². The van der Waals surface area contributed by atoms with Gasteiger partial charge in [0.05, 0.1) is 13.4 Å². The van der Waals surface area contributed by atoms with Crippen LogP contribution < -0.4 is 16.0 Å². The van der Waals surface area contributed by atoms with Crippen molar-refractivity contribution in [3.05, 3.63) is 24.3 Å². The summed E-state index contributed by atoms with van der Waals surface area (Å²) < 4.78 is 26.2. The average Bonchev–Trinajstić information content (AvgIpc) is 3.17. The number of halogens is 1. The maximum Gasteiger partial charge on any atom is 0.407 e. The normalized spacial score (nSPS) is 12.4. The molecular weight excluding hydrogens is 455 g/mol. The Balaban J connectivity index is 1.94. The Morgan fingerprint density at radius 1 is 1.14 bits per heavy atom. The molecule has 2 rings (SSSR count). The third-order valence-electron chi connectivity index (χ3n) is 4.71. The number of alkyl carbamates (subject to hydrolysis) is 1. The summed E-state index contributed by atoms with van der Waals surface area (Å²) in [6.45, 7) is 12.5. The summed E-state index contributed by atoms with van der Waals surface area (Å²) in [6.07, 6.45) is 4.36. The number of ether oxygens (including phenoxy) is 2. The molecule has 0 bridgehead atoms. The number of amides is 1. The summed E-state index contributed by atoms with van der Waals surface area (Å²) in [6, 6.07) is 0.